The van der Waals surface area contributed by atoms with Crippen molar-refractivity contribution in [1.29, 1.82) is 0 Å². The van der Waals surface area contributed by atoms with Crippen molar-refractivity contribution in [3.05, 3.63) is 48.0 Å². The molecule has 6 heteroatoms. The van der Waals surface area contributed by atoms with E-state index in [1.54, 1.807) is 25.3 Å². The van der Waals surface area contributed by atoms with Gasteiger partial charge in [0.05, 0.1) is 6.10 Å². The molecule has 2 heterocycles. The van der Waals surface area contributed by atoms with Gasteiger partial charge < -0.3 is 14.8 Å². The van der Waals surface area contributed by atoms with Gasteiger partial charge in [0, 0.05) is 24.6 Å². The summed E-state index contributed by atoms with van der Waals surface area (Å²) >= 11 is 0. The Hall–Kier alpha value is -2.47. The van der Waals surface area contributed by atoms with E-state index < -0.39 is 0 Å². The van der Waals surface area contributed by atoms with Crippen molar-refractivity contribution >= 4 is 11.6 Å². The van der Waals surface area contributed by atoms with Crippen LogP contribution in [0.2, 0.25) is 0 Å². The minimum absolute atomic E-state index is 0.164. The van der Waals surface area contributed by atoms with Gasteiger partial charge in [0.15, 0.2) is 0 Å². The maximum absolute atomic E-state index is 12.2. The molecule has 3 rings (SSSR count). The predicted molar refractivity (Wildman–Crippen MR) is 85.6 cm³/mol. The Bertz CT molecular complexity index is 684. The average molecular weight is 313 g/mol. The van der Waals surface area contributed by atoms with E-state index in [2.05, 4.69) is 15.3 Å². The molecule has 0 radical (unpaired) electrons. The van der Waals surface area contributed by atoms with Gasteiger partial charge in [-0.2, -0.15) is 0 Å². The van der Waals surface area contributed by atoms with Gasteiger partial charge in [-0.3, -0.25) is 4.79 Å². The van der Waals surface area contributed by atoms with Crippen LogP contribution >= 0.6 is 0 Å². The number of rotatable bonds is 5. The maximum atomic E-state index is 12.2. The lowest BCUT2D eigenvalue weighted by Crippen LogP contribution is -2.17. The molecule has 0 unspecified atom stereocenters. The Kier molecular flexibility index (Phi) is 4.83. The lowest BCUT2D eigenvalue weighted by Gasteiger charge is -2.12. The molecule has 1 aliphatic heterocycles. The molecule has 1 amide bonds. The van der Waals surface area contributed by atoms with Crippen LogP contribution < -0.4 is 10.1 Å². The van der Waals surface area contributed by atoms with Crippen LogP contribution in [-0.2, 0) is 4.74 Å². The summed E-state index contributed by atoms with van der Waals surface area (Å²) in [6.07, 6.45) is 3.85. The van der Waals surface area contributed by atoms with Crippen molar-refractivity contribution in [2.45, 2.75) is 25.9 Å². The zero-order valence-corrected chi connectivity index (χ0v) is 13.0. The molecule has 23 heavy (non-hydrogen) atoms. The van der Waals surface area contributed by atoms with E-state index in [1.807, 2.05) is 18.2 Å². The number of hydrogen-bond donors (Lipinski definition) is 1. The summed E-state index contributed by atoms with van der Waals surface area (Å²) in [5.74, 6) is 0.996. The Balaban J connectivity index is 1.61. The van der Waals surface area contributed by atoms with Gasteiger partial charge in [0.2, 0.25) is 0 Å². The van der Waals surface area contributed by atoms with Crippen molar-refractivity contribution in [1.82, 2.24) is 9.97 Å². The Labute approximate surface area is 134 Å². The third-order valence-corrected chi connectivity index (χ3v) is 3.56. The maximum Gasteiger partial charge on any atom is 0.274 e. The minimum Gasteiger partial charge on any atom is -0.491 e. The molecule has 6 nitrogen and oxygen atoms in total. The van der Waals surface area contributed by atoms with Crippen LogP contribution in [0, 0.1) is 6.92 Å². The zero-order chi connectivity index (χ0) is 16.1. The number of nitrogens with one attached hydrogen (secondary N) is 1. The molecule has 0 spiro atoms. The molecular formula is C17H19N3O3. The molecule has 2 aromatic rings. The highest BCUT2D eigenvalue weighted by Gasteiger charge is 2.16. The Morgan fingerprint density at radius 2 is 2.35 bits per heavy atom. The SMILES string of the molecule is Cc1nccc(C(=O)Nc2cccc(OC[C@@H]3CCCO3)c2)n1. The molecule has 0 bridgehead atoms. The molecule has 1 saturated heterocycles. The van der Waals surface area contributed by atoms with Crippen molar-refractivity contribution < 1.29 is 14.3 Å². The summed E-state index contributed by atoms with van der Waals surface area (Å²) in [6.45, 7) is 3.08. The first-order chi connectivity index (χ1) is 11.2. The van der Waals surface area contributed by atoms with Crippen LogP contribution in [-0.4, -0.2) is 35.2 Å². The molecule has 120 valence electrons. The second-order valence-electron chi connectivity index (χ2n) is 5.42. The predicted octanol–water partition coefficient (Wildman–Crippen LogP) is 2.60. The third kappa shape index (κ3) is 4.26. The number of ether oxygens (including phenoxy) is 2. The van der Waals surface area contributed by atoms with Gasteiger partial charge in [-0.1, -0.05) is 6.07 Å². The van der Waals surface area contributed by atoms with Crippen LogP contribution in [0.15, 0.2) is 36.5 Å². The van der Waals surface area contributed by atoms with Gasteiger partial charge in [-0.05, 0) is 38.0 Å². The fourth-order valence-electron chi connectivity index (χ4n) is 2.41. The zero-order valence-electron chi connectivity index (χ0n) is 13.0. The van der Waals surface area contributed by atoms with Gasteiger partial charge in [-0.15, -0.1) is 0 Å². The lowest BCUT2D eigenvalue weighted by atomic mass is 10.2. The minimum atomic E-state index is -0.272. The number of carbonyl (C=O) groups is 1. The number of nitrogens with zero attached hydrogens (tertiary/aromatic N) is 2. The van der Waals surface area contributed by atoms with E-state index in [1.165, 1.54) is 0 Å². The van der Waals surface area contributed by atoms with Crippen molar-refractivity contribution in [3.63, 3.8) is 0 Å². The molecule has 1 aliphatic rings. The number of amides is 1. The Morgan fingerprint density at radius 3 is 3.13 bits per heavy atom. The first-order valence-electron chi connectivity index (χ1n) is 7.66. The number of aromatic nitrogens is 2. The summed E-state index contributed by atoms with van der Waals surface area (Å²) in [5, 5.41) is 2.81. The third-order valence-electron chi connectivity index (χ3n) is 3.56. The standard InChI is InChI=1S/C17H19N3O3/c1-12-18-8-7-16(19-12)17(21)20-13-4-2-5-14(10-13)23-11-15-6-3-9-22-15/h2,4-5,7-8,10,15H,3,6,9,11H2,1H3,(H,20,21)/t15-/m0/s1. The first-order valence-corrected chi connectivity index (χ1v) is 7.66. The van der Waals surface area contributed by atoms with Gasteiger partial charge in [-0.25, -0.2) is 9.97 Å². The van der Waals surface area contributed by atoms with Crippen LogP contribution in [0.5, 0.6) is 5.75 Å². The highest BCUT2D eigenvalue weighted by atomic mass is 16.5. The fraction of sp³-hybridized carbons (Fsp3) is 0.353. The highest BCUT2D eigenvalue weighted by Crippen LogP contribution is 2.20. The summed E-state index contributed by atoms with van der Waals surface area (Å²) < 4.78 is 11.3. The van der Waals surface area contributed by atoms with Crippen molar-refractivity contribution in [2.24, 2.45) is 0 Å². The highest BCUT2D eigenvalue weighted by molar-refractivity contribution is 6.02. The normalized spacial score (nSPS) is 17.0. The van der Waals surface area contributed by atoms with Crippen LogP contribution in [0.25, 0.3) is 0 Å². The van der Waals surface area contributed by atoms with Gasteiger partial charge in [0.25, 0.3) is 5.91 Å². The summed E-state index contributed by atoms with van der Waals surface area (Å²) in [7, 11) is 0. The summed E-state index contributed by atoms with van der Waals surface area (Å²) in [5.41, 5.74) is 0.999. The molecule has 1 aromatic carbocycles. The van der Waals surface area contributed by atoms with E-state index in [-0.39, 0.29) is 12.0 Å². The summed E-state index contributed by atoms with van der Waals surface area (Å²) in [4.78, 5) is 20.3. The van der Waals surface area contributed by atoms with E-state index in [4.69, 9.17) is 9.47 Å². The number of benzene rings is 1. The monoisotopic (exact) mass is 313 g/mol. The van der Waals surface area contributed by atoms with Gasteiger partial charge >= 0.3 is 0 Å². The van der Waals surface area contributed by atoms with Crippen molar-refractivity contribution in [2.75, 3.05) is 18.5 Å². The average Bonchev–Trinajstić information content (AvgIpc) is 3.07. The van der Waals surface area contributed by atoms with Crippen LogP contribution in [0.1, 0.15) is 29.2 Å². The lowest BCUT2D eigenvalue weighted by molar-refractivity contribution is 0.0680. The topological polar surface area (TPSA) is 73.3 Å². The molecular weight excluding hydrogens is 294 g/mol. The number of hydrogen-bond acceptors (Lipinski definition) is 5. The molecule has 0 aliphatic carbocycles. The quantitative estimate of drug-likeness (QED) is 0.918. The Morgan fingerprint density at radius 1 is 1.43 bits per heavy atom. The largest absolute Gasteiger partial charge is 0.491 e. The smallest absolute Gasteiger partial charge is 0.274 e. The van der Waals surface area contributed by atoms with Crippen molar-refractivity contribution in [3.8, 4) is 5.75 Å². The van der Waals surface area contributed by atoms with E-state index >= 15 is 0 Å². The summed E-state index contributed by atoms with van der Waals surface area (Å²) in [6, 6.07) is 8.89. The van der Waals surface area contributed by atoms with Crippen LogP contribution in [0.3, 0.4) is 0 Å². The molecule has 1 N–H and O–H groups in total. The number of anilines is 1. The number of carbonyl (C=O) groups excluding carboxylic acids is 1. The van der Waals surface area contributed by atoms with E-state index in [9.17, 15) is 4.79 Å². The van der Waals surface area contributed by atoms with Crippen LogP contribution in [0.4, 0.5) is 5.69 Å². The first kappa shape index (κ1) is 15.4. The molecule has 1 atom stereocenters. The second kappa shape index (κ2) is 7.19. The molecule has 0 saturated carbocycles. The number of aryl methyl sites for hydroxylation is 1. The molecule has 1 fully saturated rings. The fourth-order valence-corrected chi connectivity index (χ4v) is 2.41. The second-order valence-corrected chi connectivity index (χ2v) is 5.42. The van der Waals surface area contributed by atoms with Gasteiger partial charge in [0.1, 0.15) is 23.9 Å². The molecule has 1 aromatic heterocycles. The van der Waals surface area contributed by atoms with E-state index in [0.717, 1.165) is 19.4 Å². The van der Waals surface area contributed by atoms with E-state index in [0.29, 0.717) is 29.6 Å².